The van der Waals surface area contributed by atoms with Crippen molar-refractivity contribution in [2.75, 3.05) is 45.3 Å². The van der Waals surface area contributed by atoms with Gasteiger partial charge in [0.2, 0.25) is 5.91 Å². The van der Waals surface area contributed by atoms with Crippen LogP contribution in [0.4, 0.5) is 5.69 Å². The van der Waals surface area contributed by atoms with Gasteiger partial charge in [-0.2, -0.15) is 0 Å². The van der Waals surface area contributed by atoms with E-state index in [0.717, 1.165) is 35.8 Å². The number of para-hydroxylation sites is 1. The minimum atomic E-state index is 0.0289. The first-order valence-electron chi connectivity index (χ1n) is 8.70. The molecule has 5 heteroatoms. The van der Waals surface area contributed by atoms with E-state index in [0.29, 0.717) is 13.1 Å². The molecule has 0 saturated carbocycles. The van der Waals surface area contributed by atoms with E-state index in [2.05, 4.69) is 11.0 Å². The molecule has 1 fully saturated rings. The van der Waals surface area contributed by atoms with Crippen LogP contribution in [0.2, 0.25) is 0 Å². The number of amides is 1. The third kappa shape index (κ3) is 4.17. The molecule has 136 valence electrons. The van der Waals surface area contributed by atoms with Gasteiger partial charge in [0.15, 0.2) is 0 Å². The summed E-state index contributed by atoms with van der Waals surface area (Å²) in [6.45, 7) is 3.02. The number of rotatable bonds is 5. The Kier molecular flexibility index (Phi) is 5.79. The normalized spacial score (nSPS) is 14.5. The maximum atomic E-state index is 12.5. The second-order valence-corrected chi connectivity index (χ2v) is 6.09. The summed E-state index contributed by atoms with van der Waals surface area (Å²) < 4.78 is 10.6. The Morgan fingerprint density at radius 1 is 0.962 bits per heavy atom. The van der Waals surface area contributed by atoms with Crippen LogP contribution < -0.4 is 14.4 Å². The summed E-state index contributed by atoms with van der Waals surface area (Å²) in [5.41, 5.74) is 2.03. The number of hydrogen-bond acceptors (Lipinski definition) is 4. The van der Waals surface area contributed by atoms with Gasteiger partial charge in [-0.3, -0.25) is 4.79 Å². The predicted octanol–water partition coefficient (Wildman–Crippen LogP) is 3.07. The lowest BCUT2D eigenvalue weighted by molar-refractivity contribution is -0.126. The second-order valence-electron chi connectivity index (χ2n) is 6.09. The average molecular weight is 352 g/mol. The number of anilines is 1. The fourth-order valence-corrected chi connectivity index (χ4v) is 3.06. The van der Waals surface area contributed by atoms with Gasteiger partial charge < -0.3 is 19.3 Å². The van der Waals surface area contributed by atoms with Gasteiger partial charge >= 0.3 is 0 Å². The minimum Gasteiger partial charge on any atom is -0.497 e. The molecule has 2 aromatic rings. The summed E-state index contributed by atoms with van der Waals surface area (Å²) in [5.74, 6) is 1.64. The van der Waals surface area contributed by atoms with E-state index in [9.17, 15) is 4.79 Å². The zero-order valence-electron chi connectivity index (χ0n) is 15.2. The zero-order valence-corrected chi connectivity index (χ0v) is 15.2. The quantitative estimate of drug-likeness (QED) is 0.776. The molecule has 5 nitrogen and oxygen atoms in total. The molecule has 0 aliphatic carbocycles. The number of carbonyl (C=O) groups is 1. The van der Waals surface area contributed by atoms with Gasteiger partial charge in [-0.25, -0.2) is 0 Å². The minimum absolute atomic E-state index is 0.0289. The molecule has 3 rings (SSSR count). The van der Waals surface area contributed by atoms with Crippen LogP contribution in [-0.4, -0.2) is 51.2 Å². The zero-order chi connectivity index (χ0) is 18.4. The van der Waals surface area contributed by atoms with Gasteiger partial charge in [-0.1, -0.05) is 24.3 Å². The highest BCUT2D eigenvalue weighted by atomic mass is 16.5. The molecule has 1 amide bonds. The summed E-state index contributed by atoms with van der Waals surface area (Å²) in [4.78, 5) is 16.6. The lowest BCUT2D eigenvalue weighted by Gasteiger charge is -2.35. The molecular formula is C21H24N2O3. The van der Waals surface area contributed by atoms with Crippen LogP contribution in [0, 0.1) is 0 Å². The third-order valence-electron chi connectivity index (χ3n) is 4.55. The molecule has 1 saturated heterocycles. The SMILES string of the molecule is COc1cccc(N2CCN(C(=O)/C=C/c3ccccc3OC)CC2)c1. The molecule has 0 spiro atoms. The van der Waals surface area contributed by atoms with Gasteiger partial charge in [0.25, 0.3) is 0 Å². The van der Waals surface area contributed by atoms with Crippen molar-refractivity contribution in [2.24, 2.45) is 0 Å². The van der Waals surface area contributed by atoms with E-state index in [1.807, 2.05) is 53.4 Å². The van der Waals surface area contributed by atoms with Crippen molar-refractivity contribution in [2.45, 2.75) is 0 Å². The topological polar surface area (TPSA) is 42.0 Å². The van der Waals surface area contributed by atoms with Crippen LogP contribution >= 0.6 is 0 Å². The Balaban J connectivity index is 1.59. The molecule has 0 radical (unpaired) electrons. The molecule has 0 atom stereocenters. The smallest absolute Gasteiger partial charge is 0.246 e. The molecule has 1 aliphatic heterocycles. The molecule has 1 aliphatic rings. The van der Waals surface area contributed by atoms with Crippen LogP contribution in [0.15, 0.2) is 54.6 Å². The summed E-state index contributed by atoms with van der Waals surface area (Å²) >= 11 is 0. The molecule has 0 aromatic heterocycles. The fraction of sp³-hybridized carbons (Fsp3) is 0.286. The van der Waals surface area contributed by atoms with Gasteiger partial charge in [0.05, 0.1) is 14.2 Å². The largest absolute Gasteiger partial charge is 0.497 e. The van der Waals surface area contributed by atoms with E-state index >= 15 is 0 Å². The molecule has 2 aromatic carbocycles. The molecule has 0 bridgehead atoms. The number of ether oxygens (including phenoxy) is 2. The number of methoxy groups -OCH3 is 2. The Hall–Kier alpha value is -2.95. The van der Waals surface area contributed by atoms with Crippen LogP contribution in [0.5, 0.6) is 11.5 Å². The Morgan fingerprint density at radius 3 is 2.46 bits per heavy atom. The van der Waals surface area contributed by atoms with E-state index in [-0.39, 0.29) is 5.91 Å². The maximum Gasteiger partial charge on any atom is 0.246 e. The van der Waals surface area contributed by atoms with Gasteiger partial charge in [0.1, 0.15) is 11.5 Å². The second kappa shape index (κ2) is 8.43. The van der Waals surface area contributed by atoms with E-state index in [4.69, 9.17) is 9.47 Å². The van der Waals surface area contributed by atoms with E-state index in [1.165, 1.54) is 0 Å². The van der Waals surface area contributed by atoms with Crippen molar-refractivity contribution in [3.63, 3.8) is 0 Å². The lowest BCUT2D eigenvalue weighted by atomic mass is 10.2. The molecule has 0 N–H and O–H groups in total. The third-order valence-corrected chi connectivity index (χ3v) is 4.55. The van der Waals surface area contributed by atoms with E-state index in [1.54, 1.807) is 20.3 Å². The van der Waals surface area contributed by atoms with Gasteiger partial charge in [-0.15, -0.1) is 0 Å². The van der Waals surface area contributed by atoms with Crippen molar-refractivity contribution in [3.05, 3.63) is 60.2 Å². The van der Waals surface area contributed by atoms with Gasteiger partial charge in [-0.05, 0) is 24.3 Å². The summed E-state index contributed by atoms with van der Waals surface area (Å²) in [6, 6.07) is 15.7. The number of benzene rings is 2. The predicted molar refractivity (Wildman–Crippen MR) is 104 cm³/mol. The first-order valence-corrected chi connectivity index (χ1v) is 8.70. The molecule has 1 heterocycles. The first-order chi connectivity index (χ1) is 12.7. The first kappa shape index (κ1) is 17.9. The fourth-order valence-electron chi connectivity index (χ4n) is 3.06. The van der Waals surface area contributed by atoms with Crippen molar-refractivity contribution in [1.82, 2.24) is 4.90 Å². The highest BCUT2D eigenvalue weighted by molar-refractivity contribution is 5.92. The lowest BCUT2D eigenvalue weighted by Crippen LogP contribution is -2.48. The standard InChI is InChI=1S/C21H24N2O3/c1-25-19-8-5-7-18(16-19)22-12-14-23(15-13-22)21(24)11-10-17-6-3-4-9-20(17)26-2/h3-11,16H,12-15H2,1-2H3/b11-10+. The van der Waals surface area contributed by atoms with Crippen molar-refractivity contribution in [1.29, 1.82) is 0 Å². The highest BCUT2D eigenvalue weighted by Crippen LogP contribution is 2.22. The Bertz CT molecular complexity index is 780. The Morgan fingerprint density at radius 2 is 1.73 bits per heavy atom. The number of carbonyl (C=O) groups excluding carboxylic acids is 1. The number of piperazine rings is 1. The van der Waals surface area contributed by atoms with Crippen LogP contribution in [0.1, 0.15) is 5.56 Å². The monoisotopic (exact) mass is 352 g/mol. The summed E-state index contributed by atoms with van der Waals surface area (Å²) in [5, 5.41) is 0. The van der Waals surface area contributed by atoms with E-state index < -0.39 is 0 Å². The summed E-state index contributed by atoms with van der Waals surface area (Å²) in [6.07, 6.45) is 3.44. The van der Waals surface area contributed by atoms with Crippen LogP contribution in [-0.2, 0) is 4.79 Å². The Labute approximate surface area is 154 Å². The molecule has 26 heavy (non-hydrogen) atoms. The van der Waals surface area contributed by atoms with Crippen LogP contribution in [0.25, 0.3) is 6.08 Å². The number of nitrogens with zero attached hydrogens (tertiary/aromatic N) is 2. The summed E-state index contributed by atoms with van der Waals surface area (Å²) in [7, 11) is 3.30. The van der Waals surface area contributed by atoms with Crippen molar-refractivity contribution in [3.8, 4) is 11.5 Å². The van der Waals surface area contributed by atoms with Crippen molar-refractivity contribution < 1.29 is 14.3 Å². The van der Waals surface area contributed by atoms with Gasteiger partial charge in [0, 0.05) is 49.6 Å². The molecular weight excluding hydrogens is 328 g/mol. The highest BCUT2D eigenvalue weighted by Gasteiger charge is 2.20. The van der Waals surface area contributed by atoms with Crippen molar-refractivity contribution >= 4 is 17.7 Å². The molecule has 0 unspecified atom stereocenters. The average Bonchev–Trinajstić information content (AvgIpc) is 2.72. The number of hydrogen-bond donors (Lipinski definition) is 0. The maximum absolute atomic E-state index is 12.5. The van der Waals surface area contributed by atoms with Crippen LogP contribution in [0.3, 0.4) is 0 Å².